The molecule has 0 saturated heterocycles. The molecule has 12 rings (SSSR count). The van der Waals surface area contributed by atoms with Gasteiger partial charge in [-0.2, -0.15) is 0 Å². The average Bonchev–Trinajstić information content (AvgIpc) is 2.27. The van der Waals surface area contributed by atoms with E-state index in [0.29, 0.717) is 35.8 Å². The fourth-order valence-corrected chi connectivity index (χ4v) is 12.4. The van der Waals surface area contributed by atoms with E-state index in [0.717, 1.165) is 65.4 Å². The second kappa shape index (κ2) is 29.4. The summed E-state index contributed by atoms with van der Waals surface area (Å²) in [6.45, 7) is 22.6. The standard InChI is InChI=1S/C38H41N3.C38H39N3.CH4.2CH3.Hf/c2*1-24(2)29-16-10-17-30(25(3)4)37(29)41-38(32-18-8-13-27-12-6-7-15-31(27)32)35-21-11-20-34(40-35)33-19-9-14-28-23-22-26(5)39-36(28)33;;;;/h6-21,24-26,38-39,41H,22-23H2,1-5H3;6-21,24-26,38H,22-23H2,1-5H3;1H4;2*1H3;/q;-2;;2*-1;. The molecule has 86 heavy (non-hydrogen) atoms. The van der Waals surface area contributed by atoms with Gasteiger partial charge in [0.2, 0.25) is 0 Å². The van der Waals surface area contributed by atoms with Crippen molar-refractivity contribution in [3.8, 4) is 22.5 Å². The molecular formula is C79H90HfN6-4. The zero-order valence-electron chi connectivity index (χ0n) is 52.2. The van der Waals surface area contributed by atoms with Crippen molar-refractivity contribution in [1.82, 2.24) is 9.97 Å². The van der Waals surface area contributed by atoms with Crippen molar-refractivity contribution in [1.29, 1.82) is 0 Å². The number of rotatable bonds is 14. The number of nitrogens with zero attached hydrogens (tertiary/aromatic N) is 4. The van der Waals surface area contributed by atoms with E-state index in [1.807, 2.05) is 0 Å². The number of fused-ring (bicyclic) bond motifs is 4. The Morgan fingerprint density at radius 1 is 0.477 bits per heavy atom. The predicted octanol–water partition coefficient (Wildman–Crippen LogP) is 22.9. The molecule has 10 aromatic rings. The van der Waals surface area contributed by atoms with Gasteiger partial charge in [0.1, 0.15) is 0 Å². The van der Waals surface area contributed by atoms with Gasteiger partial charge < -0.3 is 36.1 Å². The number of hydrogen-bond acceptors (Lipinski definition) is 4. The van der Waals surface area contributed by atoms with Crippen LogP contribution in [0.1, 0.15) is 181 Å². The Morgan fingerprint density at radius 2 is 0.930 bits per heavy atom. The monoisotopic (exact) mass is 1300 g/mol. The molecule has 2 aliphatic heterocycles. The predicted molar refractivity (Wildman–Crippen MR) is 369 cm³/mol. The molecule has 2 aliphatic rings. The smallest absolute Gasteiger partial charge is 0.0946 e. The Morgan fingerprint density at radius 3 is 1.55 bits per heavy atom. The Hall–Kier alpha value is -7.35. The van der Waals surface area contributed by atoms with Gasteiger partial charge in [0, 0.05) is 54.5 Å². The fourth-order valence-electron chi connectivity index (χ4n) is 12.4. The molecule has 444 valence electrons. The first-order valence-electron chi connectivity index (χ1n) is 30.1. The molecule has 7 heteroatoms. The molecule has 2 aromatic heterocycles. The summed E-state index contributed by atoms with van der Waals surface area (Å²) in [5.74, 6) is 1.51. The van der Waals surface area contributed by atoms with Gasteiger partial charge in [0.25, 0.3) is 0 Å². The minimum absolute atomic E-state index is 0. The number of para-hydroxylation sites is 4. The summed E-state index contributed by atoms with van der Waals surface area (Å²) in [6.07, 6.45) is 4.41. The topological polar surface area (TPSA) is 78.0 Å². The van der Waals surface area contributed by atoms with Crippen LogP contribution in [-0.2, 0) is 38.7 Å². The summed E-state index contributed by atoms with van der Waals surface area (Å²) in [6, 6.07) is 70.3. The molecule has 4 heterocycles. The van der Waals surface area contributed by atoms with Gasteiger partial charge in [-0.25, -0.2) is 0 Å². The molecule has 0 spiro atoms. The van der Waals surface area contributed by atoms with Crippen LogP contribution in [-0.4, -0.2) is 22.1 Å². The Balaban J connectivity index is 0.000000235. The Kier molecular flexibility index (Phi) is 22.6. The number of aromatic nitrogens is 2. The van der Waals surface area contributed by atoms with Crippen molar-refractivity contribution in [2.75, 3.05) is 10.6 Å². The van der Waals surface area contributed by atoms with E-state index < -0.39 is 0 Å². The number of anilines is 2. The van der Waals surface area contributed by atoms with Crippen LogP contribution in [0.15, 0.2) is 194 Å². The summed E-state index contributed by atoms with van der Waals surface area (Å²) in [7, 11) is 0. The number of benzene rings is 8. The molecule has 0 radical (unpaired) electrons. The summed E-state index contributed by atoms with van der Waals surface area (Å²) < 4.78 is 0. The maximum atomic E-state index is 5.64. The SMILES string of the molecule is C.CC1CCc2cccc(-c3cccc(C(Nc4c(C(C)C)cccc4C(C)C)c4cccc5ccccc45)n3)c2N1.CC1CCc2cccc(-c3cccc(C([N-]c4c(C(C)C)cccc4C(C)C)c4cccc5ccccc45)n3)c2[N-]1.[CH3-].[CH3-].[Hf]. The third-order valence-electron chi connectivity index (χ3n) is 16.9. The molecular weight excluding hydrogens is 1210 g/mol. The zero-order valence-corrected chi connectivity index (χ0v) is 55.8. The average molecular weight is 1300 g/mol. The van der Waals surface area contributed by atoms with E-state index in [1.165, 1.54) is 83.0 Å². The van der Waals surface area contributed by atoms with Crippen LogP contribution in [0.4, 0.5) is 22.7 Å². The minimum atomic E-state index is -0.256. The molecule has 6 nitrogen and oxygen atoms in total. The molecule has 0 amide bonds. The first-order chi connectivity index (χ1) is 39.8. The Bertz CT molecular complexity index is 3560. The Labute approximate surface area is 535 Å². The van der Waals surface area contributed by atoms with E-state index in [1.54, 1.807) is 0 Å². The second-order valence-electron chi connectivity index (χ2n) is 24.1. The summed E-state index contributed by atoms with van der Waals surface area (Å²) in [5.41, 5.74) is 21.2. The van der Waals surface area contributed by atoms with Crippen LogP contribution in [0.3, 0.4) is 0 Å². The van der Waals surface area contributed by atoms with Crippen molar-refractivity contribution in [3.05, 3.63) is 276 Å². The first kappa shape index (κ1) is 66.2. The van der Waals surface area contributed by atoms with Crippen LogP contribution in [0.2, 0.25) is 0 Å². The van der Waals surface area contributed by atoms with Gasteiger partial charge in [0.15, 0.2) is 0 Å². The minimum Gasteiger partial charge on any atom is -0.681 e. The molecule has 0 aliphatic carbocycles. The van der Waals surface area contributed by atoms with Crippen LogP contribution in [0.5, 0.6) is 0 Å². The summed E-state index contributed by atoms with van der Waals surface area (Å²) in [5, 5.41) is 23.5. The molecule has 4 unspecified atom stereocenters. The molecule has 0 bridgehead atoms. The molecule has 2 N–H and O–H groups in total. The van der Waals surface area contributed by atoms with Crippen molar-refractivity contribution in [2.45, 2.75) is 150 Å². The summed E-state index contributed by atoms with van der Waals surface area (Å²) >= 11 is 0. The quantitative estimate of drug-likeness (QED) is 0.0840. The maximum Gasteiger partial charge on any atom is 0.0946 e. The van der Waals surface area contributed by atoms with Crippen LogP contribution < -0.4 is 10.6 Å². The van der Waals surface area contributed by atoms with Gasteiger partial charge in [-0.3, -0.25) is 9.97 Å². The van der Waals surface area contributed by atoms with Gasteiger partial charge in [-0.1, -0.05) is 263 Å². The molecule has 0 saturated carbocycles. The van der Waals surface area contributed by atoms with E-state index in [-0.39, 0.29) is 60.2 Å². The zero-order chi connectivity index (χ0) is 57.0. The van der Waals surface area contributed by atoms with Crippen molar-refractivity contribution < 1.29 is 25.8 Å². The van der Waals surface area contributed by atoms with Gasteiger partial charge in [-0.15, -0.1) is 17.4 Å². The number of hydrogen-bond donors (Lipinski definition) is 2. The van der Waals surface area contributed by atoms with Crippen LogP contribution in [0, 0.1) is 14.9 Å². The van der Waals surface area contributed by atoms with E-state index in [4.69, 9.17) is 20.6 Å². The van der Waals surface area contributed by atoms with Crippen LogP contribution in [0.25, 0.3) is 54.7 Å². The number of nitrogens with one attached hydrogen (secondary N) is 2. The number of aryl methyl sites for hydroxylation is 2. The fraction of sp³-hybridized carbons (Fsp3) is 0.291. The third kappa shape index (κ3) is 14.1. The molecule has 0 fully saturated rings. The molecule has 8 aromatic carbocycles. The van der Waals surface area contributed by atoms with Crippen LogP contribution >= 0.6 is 0 Å². The van der Waals surface area contributed by atoms with Gasteiger partial charge in [-0.05, 0) is 135 Å². The van der Waals surface area contributed by atoms with Crippen molar-refractivity contribution in [3.63, 3.8) is 0 Å². The molecule has 4 atom stereocenters. The maximum absolute atomic E-state index is 5.64. The first-order valence-corrected chi connectivity index (χ1v) is 30.1. The van der Waals surface area contributed by atoms with Crippen molar-refractivity contribution >= 4 is 44.3 Å². The third-order valence-corrected chi connectivity index (χ3v) is 16.9. The van der Waals surface area contributed by atoms with Crippen molar-refractivity contribution in [2.24, 2.45) is 0 Å². The number of pyridine rings is 2. The summed E-state index contributed by atoms with van der Waals surface area (Å²) in [4.78, 5) is 10.8. The normalized spacial score (nSPS) is 14.8. The van der Waals surface area contributed by atoms with Gasteiger partial charge >= 0.3 is 0 Å². The largest absolute Gasteiger partial charge is 0.681 e. The van der Waals surface area contributed by atoms with Gasteiger partial charge in [0.05, 0.1) is 23.1 Å². The second-order valence-corrected chi connectivity index (χ2v) is 24.1. The van der Waals surface area contributed by atoms with E-state index in [9.17, 15) is 0 Å². The van der Waals surface area contributed by atoms with E-state index >= 15 is 0 Å². The van der Waals surface area contributed by atoms with E-state index in [2.05, 4.69) is 274 Å².